The lowest BCUT2D eigenvalue weighted by molar-refractivity contribution is 0.0705. The molecule has 0 saturated heterocycles. The lowest BCUT2D eigenvalue weighted by atomic mass is 10.0. The molecule has 68 valence electrons. The molecule has 0 spiro atoms. The maximum Gasteiger partial charge on any atom is 0.209 e. The second-order valence-corrected chi connectivity index (χ2v) is 5.02. The van der Waals surface area contributed by atoms with Crippen molar-refractivity contribution in [3.8, 4) is 0 Å². The van der Waals surface area contributed by atoms with E-state index in [-0.39, 0.29) is 5.75 Å². The van der Waals surface area contributed by atoms with E-state index in [1.807, 2.05) is 0 Å². The fraction of sp³-hybridized carbons (Fsp3) is 1.00. The Hall–Kier alpha value is -0.130. The minimum Gasteiger partial charge on any atom is -0.390 e. The summed E-state index contributed by atoms with van der Waals surface area (Å²) in [5.41, 5.74) is -0.801. The van der Waals surface area contributed by atoms with Crippen LogP contribution < -0.4 is 5.14 Å². The first kappa shape index (κ1) is 10.9. The Kier molecular flexibility index (Phi) is 3.47. The van der Waals surface area contributed by atoms with Crippen LogP contribution in [0.1, 0.15) is 26.7 Å². The molecule has 0 aliphatic carbocycles. The summed E-state index contributed by atoms with van der Waals surface area (Å²) in [6, 6.07) is 0. The quantitative estimate of drug-likeness (QED) is 0.631. The third kappa shape index (κ3) is 9.87. The molecule has 0 radical (unpaired) electrons. The van der Waals surface area contributed by atoms with Crippen molar-refractivity contribution in [3.05, 3.63) is 0 Å². The standard InChI is InChI=1S/C6H15NO3S/c1-6(2,8)4-3-5-11(7,9)10/h8H,3-5H2,1-2H3,(H2,7,9,10). The van der Waals surface area contributed by atoms with Crippen molar-refractivity contribution in [3.63, 3.8) is 0 Å². The Morgan fingerprint density at radius 3 is 2.18 bits per heavy atom. The zero-order valence-electron chi connectivity index (χ0n) is 6.87. The van der Waals surface area contributed by atoms with Crippen LogP contribution in [0.4, 0.5) is 0 Å². The SMILES string of the molecule is CC(C)(O)CCCS(N)(=O)=O. The van der Waals surface area contributed by atoms with Gasteiger partial charge < -0.3 is 5.11 Å². The van der Waals surface area contributed by atoms with Gasteiger partial charge in [-0.3, -0.25) is 0 Å². The van der Waals surface area contributed by atoms with E-state index in [4.69, 9.17) is 5.14 Å². The van der Waals surface area contributed by atoms with Crippen LogP contribution in [0.3, 0.4) is 0 Å². The van der Waals surface area contributed by atoms with Gasteiger partial charge in [0, 0.05) is 0 Å². The van der Waals surface area contributed by atoms with Gasteiger partial charge in [0.25, 0.3) is 0 Å². The third-order valence-corrected chi connectivity index (χ3v) is 2.08. The second-order valence-electron chi connectivity index (χ2n) is 3.28. The largest absolute Gasteiger partial charge is 0.390 e. The fourth-order valence-electron chi connectivity index (χ4n) is 0.706. The van der Waals surface area contributed by atoms with Crippen molar-refractivity contribution in [1.82, 2.24) is 0 Å². The maximum atomic E-state index is 10.4. The molecule has 0 unspecified atom stereocenters. The Bertz CT molecular complexity index is 202. The highest BCUT2D eigenvalue weighted by Gasteiger charge is 2.13. The Morgan fingerprint density at radius 2 is 1.91 bits per heavy atom. The Morgan fingerprint density at radius 1 is 1.45 bits per heavy atom. The zero-order chi connectivity index (χ0) is 9.12. The van der Waals surface area contributed by atoms with Gasteiger partial charge in [-0.15, -0.1) is 0 Å². The number of aliphatic hydroxyl groups is 1. The van der Waals surface area contributed by atoms with Gasteiger partial charge in [-0.2, -0.15) is 0 Å². The van der Waals surface area contributed by atoms with E-state index in [2.05, 4.69) is 0 Å². The topological polar surface area (TPSA) is 80.4 Å². The minimum atomic E-state index is -3.36. The molecule has 0 bridgehead atoms. The van der Waals surface area contributed by atoms with Crippen molar-refractivity contribution in [2.45, 2.75) is 32.3 Å². The van der Waals surface area contributed by atoms with E-state index in [9.17, 15) is 13.5 Å². The van der Waals surface area contributed by atoms with E-state index >= 15 is 0 Å². The molecule has 11 heavy (non-hydrogen) atoms. The molecule has 0 atom stereocenters. The van der Waals surface area contributed by atoms with Crippen LogP contribution in [0, 0.1) is 0 Å². The summed E-state index contributed by atoms with van der Waals surface area (Å²) in [6.07, 6.45) is 0.853. The number of sulfonamides is 1. The summed E-state index contributed by atoms with van der Waals surface area (Å²) < 4.78 is 20.8. The summed E-state index contributed by atoms with van der Waals surface area (Å²) in [5.74, 6) is -0.0585. The number of rotatable bonds is 4. The van der Waals surface area contributed by atoms with E-state index in [1.54, 1.807) is 13.8 Å². The predicted molar refractivity (Wildman–Crippen MR) is 43.5 cm³/mol. The van der Waals surface area contributed by atoms with Crippen molar-refractivity contribution in [2.75, 3.05) is 5.75 Å². The molecule has 5 heteroatoms. The summed E-state index contributed by atoms with van der Waals surface area (Å²) in [7, 11) is -3.36. The summed E-state index contributed by atoms with van der Waals surface area (Å²) in [4.78, 5) is 0. The fourth-order valence-corrected chi connectivity index (χ4v) is 1.25. The first-order chi connectivity index (χ1) is 4.71. The van der Waals surface area contributed by atoms with Crippen LogP contribution in [-0.4, -0.2) is 24.9 Å². The van der Waals surface area contributed by atoms with Crippen LogP contribution in [0.5, 0.6) is 0 Å². The zero-order valence-corrected chi connectivity index (χ0v) is 7.69. The van der Waals surface area contributed by atoms with E-state index in [1.165, 1.54) is 0 Å². The van der Waals surface area contributed by atoms with Gasteiger partial charge in [0.15, 0.2) is 0 Å². The first-order valence-electron chi connectivity index (χ1n) is 3.43. The van der Waals surface area contributed by atoms with E-state index in [0.717, 1.165) is 0 Å². The van der Waals surface area contributed by atoms with Gasteiger partial charge in [-0.25, -0.2) is 13.6 Å². The van der Waals surface area contributed by atoms with Crippen molar-refractivity contribution < 1.29 is 13.5 Å². The van der Waals surface area contributed by atoms with Crippen molar-refractivity contribution in [2.24, 2.45) is 5.14 Å². The molecule has 0 aliphatic heterocycles. The molecule has 0 aromatic carbocycles. The van der Waals surface area contributed by atoms with Gasteiger partial charge in [0.05, 0.1) is 11.4 Å². The highest BCUT2D eigenvalue weighted by molar-refractivity contribution is 7.89. The van der Waals surface area contributed by atoms with Crippen LogP contribution >= 0.6 is 0 Å². The average Bonchev–Trinajstić information content (AvgIpc) is 1.55. The molecule has 0 fully saturated rings. The number of hydrogen-bond acceptors (Lipinski definition) is 3. The van der Waals surface area contributed by atoms with E-state index in [0.29, 0.717) is 12.8 Å². The van der Waals surface area contributed by atoms with Crippen LogP contribution in [0.2, 0.25) is 0 Å². The van der Waals surface area contributed by atoms with E-state index < -0.39 is 15.6 Å². The first-order valence-corrected chi connectivity index (χ1v) is 5.15. The van der Waals surface area contributed by atoms with Crippen molar-refractivity contribution in [1.29, 1.82) is 0 Å². The molecule has 0 amide bonds. The number of nitrogens with two attached hydrogens (primary N) is 1. The van der Waals surface area contributed by atoms with Gasteiger partial charge in [-0.1, -0.05) is 0 Å². The summed E-state index contributed by atoms with van der Waals surface area (Å²) in [5, 5.41) is 13.9. The van der Waals surface area contributed by atoms with Crippen molar-refractivity contribution >= 4 is 10.0 Å². The minimum absolute atomic E-state index is 0.0585. The van der Waals surface area contributed by atoms with Gasteiger partial charge >= 0.3 is 0 Å². The van der Waals surface area contributed by atoms with Gasteiger partial charge in [-0.05, 0) is 26.7 Å². The number of primary sulfonamides is 1. The maximum absolute atomic E-state index is 10.4. The molecular formula is C6H15NO3S. The molecule has 0 aromatic heterocycles. The van der Waals surface area contributed by atoms with Gasteiger partial charge in [0.2, 0.25) is 10.0 Å². The van der Waals surface area contributed by atoms with Gasteiger partial charge in [0.1, 0.15) is 0 Å². The lowest BCUT2D eigenvalue weighted by Gasteiger charge is -2.15. The second kappa shape index (κ2) is 3.51. The molecule has 0 saturated carbocycles. The highest BCUT2D eigenvalue weighted by Crippen LogP contribution is 2.10. The van der Waals surface area contributed by atoms with Crippen LogP contribution in [0.15, 0.2) is 0 Å². The molecule has 0 aliphatic rings. The molecule has 3 N–H and O–H groups in total. The third-order valence-electron chi connectivity index (χ3n) is 1.22. The monoisotopic (exact) mass is 181 g/mol. The summed E-state index contributed by atoms with van der Waals surface area (Å²) >= 11 is 0. The Labute approximate surface area is 67.5 Å². The molecular weight excluding hydrogens is 166 g/mol. The highest BCUT2D eigenvalue weighted by atomic mass is 32.2. The van der Waals surface area contributed by atoms with Crippen LogP contribution in [-0.2, 0) is 10.0 Å². The lowest BCUT2D eigenvalue weighted by Crippen LogP contribution is -2.22. The van der Waals surface area contributed by atoms with Crippen LogP contribution in [0.25, 0.3) is 0 Å². The smallest absolute Gasteiger partial charge is 0.209 e. The summed E-state index contributed by atoms with van der Waals surface area (Å²) in [6.45, 7) is 3.27. The molecule has 0 heterocycles. The molecule has 4 nitrogen and oxygen atoms in total. The normalized spacial score (nSPS) is 13.5. The predicted octanol–water partition coefficient (Wildman–Crippen LogP) is -0.174. The average molecular weight is 181 g/mol. The molecule has 0 rings (SSSR count). The molecule has 0 aromatic rings. The Balaban J connectivity index is 3.61. The number of hydrogen-bond donors (Lipinski definition) is 2.